The maximum Gasteiger partial charge on any atom is 0.103 e. The summed E-state index contributed by atoms with van der Waals surface area (Å²) in [7, 11) is 1.91. The minimum absolute atomic E-state index is 0.547. The predicted octanol–water partition coefficient (Wildman–Crippen LogP) is 2.91. The van der Waals surface area contributed by atoms with E-state index in [0.717, 1.165) is 16.6 Å². The van der Waals surface area contributed by atoms with Crippen molar-refractivity contribution in [3.8, 4) is 0 Å². The fourth-order valence-corrected chi connectivity index (χ4v) is 2.95. The summed E-state index contributed by atoms with van der Waals surface area (Å²) in [4.78, 5) is 1.18. The number of fused-ring (bicyclic) bond motifs is 1. The predicted molar refractivity (Wildman–Crippen MR) is 73.7 cm³/mol. The molecule has 0 spiro atoms. The summed E-state index contributed by atoms with van der Waals surface area (Å²) in [6.07, 6.45) is 0.0772. The molecule has 0 aliphatic heterocycles. The lowest BCUT2D eigenvalue weighted by Gasteiger charge is -2.06. The van der Waals surface area contributed by atoms with Crippen molar-refractivity contribution in [3.05, 3.63) is 52.3 Å². The van der Waals surface area contributed by atoms with E-state index in [1.54, 1.807) is 11.3 Å². The van der Waals surface area contributed by atoms with Gasteiger partial charge >= 0.3 is 0 Å². The molecule has 1 atom stereocenters. The highest BCUT2D eigenvalue weighted by Gasteiger charge is 2.17. The maximum absolute atomic E-state index is 10.3. The van der Waals surface area contributed by atoms with E-state index in [1.165, 1.54) is 4.88 Å². The van der Waals surface area contributed by atoms with E-state index in [1.807, 2.05) is 53.5 Å². The van der Waals surface area contributed by atoms with Crippen molar-refractivity contribution in [2.24, 2.45) is 7.05 Å². The average molecular weight is 258 g/mol. The van der Waals surface area contributed by atoms with Gasteiger partial charge in [-0.05, 0) is 17.5 Å². The minimum Gasteiger partial charge on any atom is -0.386 e. The third-order valence-corrected chi connectivity index (χ3v) is 3.98. The lowest BCUT2D eigenvalue weighted by molar-refractivity contribution is 0.175. The molecule has 0 amide bonds. The van der Waals surface area contributed by atoms with E-state index in [2.05, 4.69) is 5.10 Å². The van der Waals surface area contributed by atoms with Crippen molar-refractivity contribution >= 4 is 22.2 Å². The Morgan fingerprint density at radius 3 is 2.89 bits per heavy atom. The molecule has 1 aromatic carbocycles. The van der Waals surface area contributed by atoms with Crippen molar-refractivity contribution in [1.29, 1.82) is 0 Å². The molecule has 0 radical (unpaired) electrons. The summed E-state index contributed by atoms with van der Waals surface area (Å²) < 4.78 is 1.82. The molecule has 4 heteroatoms. The summed E-state index contributed by atoms with van der Waals surface area (Å²) in [6, 6.07) is 12.0. The lowest BCUT2D eigenvalue weighted by Crippen LogP contribution is -2.02. The van der Waals surface area contributed by atoms with Crippen LogP contribution < -0.4 is 0 Å². The zero-order valence-electron chi connectivity index (χ0n) is 10.1. The average Bonchev–Trinajstić information content (AvgIpc) is 2.98. The number of thiophene rings is 1. The van der Waals surface area contributed by atoms with Crippen LogP contribution in [0.15, 0.2) is 41.8 Å². The van der Waals surface area contributed by atoms with Crippen LogP contribution in [-0.4, -0.2) is 14.9 Å². The number of benzene rings is 1. The third kappa shape index (κ3) is 1.94. The minimum atomic E-state index is -0.547. The van der Waals surface area contributed by atoms with E-state index in [4.69, 9.17) is 0 Å². The first-order chi connectivity index (χ1) is 8.75. The molecule has 0 saturated heterocycles. The first-order valence-corrected chi connectivity index (χ1v) is 6.76. The molecule has 92 valence electrons. The third-order valence-electron chi connectivity index (χ3n) is 3.08. The molecule has 1 N–H and O–H groups in total. The van der Waals surface area contributed by atoms with Gasteiger partial charge in [-0.15, -0.1) is 11.3 Å². The molecular weight excluding hydrogens is 244 g/mol. The van der Waals surface area contributed by atoms with E-state index >= 15 is 0 Å². The topological polar surface area (TPSA) is 38.0 Å². The van der Waals surface area contributed by atoms with Crippen LogP contribution in [0.5, 0.6) is 0 Å². The van der Waals surface area contributed by atoms with Gasteiger partial charge in [-0.25, -0.2) is 0 Å². The monoisotopic (exact) mass is 258 g/mol. The van der Waals surface area contributed by atoms with Crippen LogP contribution >= 0.6 is 11.3 Å². The van der Waals surface area contributed by atoms with Gasteiger partial charge in [-0.2, -0.15) is 5.10 Å². The number of hydrogen-bond donors (Lipinski definition) is 1. The highest BCUT2D eigenvalue weighted by atomic mass is 32.1. The molecule has 3 aromatic rings. The number of nitrogens with zero attached hydrogens (tertiary/aromatic N) is 2. The second-order valence-electron chi connectivity index (χ2n) is 4.33. The Morgan fingerprint density at radius 1 is 1.28 bits per heavy atom. The van der Waals surface area contributed by atoms with Crippen LogP contribution in [0.1, 0.15) is 16.7 Å². The molecule has 0 aliphatic carbocycles. The quantitative estimate of drug-likeness (QED) is 0.784. The van der Waals surface area contributed by atoms with Crippen LogP contribution in [0.2, 0.25) is 0 Å². The second kappa shape index (κ2) is 4.55. The SMILES string of the molecule is Cn1nc(C(O)Cc2cccs2)c2ccccc21. The maximum atomic E-state index is 10.3. The van der Waals surface area contributed by atoms with Gasteiger partial charge in [0, 0.05) is 23.7 Å². The summed E-state index contributed by atoms with van der Waals surface area (Å²) >= 11 is 1.66. The van der Waals surface area contributed by atoms with Gasteiger partial charge in [0.1, 0.15) is 6.10 Å². The number of rotatable bonds is 3. The number of aromatic nitrogens is 2. The van der Waals surface area contributed by atoms with Crippen LogP contribution in [-0.2, 0) is 13.5 Å². The molecule has 2 heterocycles. The van der Waals surface area contributed by atoms with Gasteiger partial charge in [-0.1, -0.05) is 24.3 Å². The van der Waals surface area contributed by atoms with Gasteiger partial charge in [0.25, 0.3) is 0 Å². The largest absolute Gasteiger partial charge is 0.386 e. The Bertz CT molecular complexity index is 658. The zero-order valence-corrected chi connectivity index (χ0v) is 10.9. The van der Waals surface area contributed by atoms with Crippen molar-refractivity contribution in [3.63, 3.8) is 0 Å². The molecule has 0 aliphatic rings. The van der Waals surface area contributed by atoms with Crippen LogP contribution in [0.3, 0.4) is 0 Å². The van der Waals surface area contributed by atoms with Gasteiger partial charge in [0.2, 0.25) is 0 Å². The summed E-state index contributed by atoms with van der Waals surface area (Å²) in [5.41, 5.74) is 1.82. The van der Waals surface area contributed by atoms with Crippen molar-refractivity contribution in [1.82, 2.24) is 9.78 Å². The summed E-state index contributed by atoms with van der Waals surface area (Å²) in [5.74, 6) is 0. The Balaban J connectivity index is 1.98. The molecule has 18 heavy (non-hydrogen) atoms. The smallest absolute Gasteiger partial charge is 0.103 e. The molecule has 2 aromatic heterocycles. The Labute approximate surface area is 109 Å². The zero-order chi connectivity index (χ0) is 12.5. The molecule has 1 unspecified atom stereocenters. The molecule has 3 nitrogen and oxygen atoms in total. The van der Waals surface area contributed by atoms with Crippen LogP contribution in [0.25, 0.3) is 10.9 Å². The summed E-state index contributed by atoms with van der Waals surface area (Å²) in [5, 5.41) is 17.8. The van der Waals surface area contributed by atoms with Crippen molar-refractivity contribution in [2.45, 2.75) is 12.5 Å². The van der Waals surface area contributed by atoms with Crippen molar-refractivity contribution < 1.29 is 5.11 Å². The van der Waals surface area contributed by atoms with Gasteiger partial charge in [-0.3, -0.25) is 4.68 Å². The summed E-state index contributed by atoms with van der Waals surface area (Å²) in [6.45, 7) is 0. The molecule has 0 bridgehead atoms. The number of para-hydroxylation sites is 1. The first kappa shape index (κ1) is 11.4. The highest BCUT2D eigenvalue weighted by molar-refractivity contribution is 7.09. The fraction of sp³-hybridized carbons (Fsp3) is 0.214. The first-order valence-electron chi connectivity index (χ1n) is 5.88. The van der Waals surface area contributed by atoms with E-state index in [-0.39, 0.29) is 0 Å². The number of aliphatic hydroxyl groups excluding tert-OH is 1. The van der Waals surface area contributed by atoms with Gasteiger partial charge in [0.05, 0.1) is 11.2 Å². The van der Waals surface area contributed by atoms with Gasteiger partial charge in [0.15, 0.2) is 0 Å². The molecular formula is C14H14N2OS. The Morgan fingerprint density at radius 2 is 2.11 bits per heavy atom. The Hall–Kier alpha value is -1.65. The Kier molecular flexibility index (Phi) is 2.89. The number of hydrogen-bond acceptors (Lipinski definition) is 3. The number of aliphatic hydroxyl groups is 1. The van der Waals surface area contributed by atoms with Crippen molar-refractivity contribution in [2.75, 3.05) is 0 Å². The normalized spacial score (nSPS) is 13.0. The van der Waals surface area contributed by atoms with E-state index in [9.17, 15) is 5.11 Å². The lowest BCUT2D eigenvalue weighted by atomic mass is 10.1. The van der Waals surface area contributed by atoms with E-state index in [0.29, 0.717) is 6.42 Å². The van der Waals surface area contributed by atoms with Crippen LogP contribution in [0.4, 0.5) is 0 Å². The highest BCUT2D eigenvalue weighted by Crippen LogP contribution is 2.26. The fourth-order valence-electron chi connectivity index (χ4n) is 2.20. The van der Waals surface area contributed by atoms with Crippen LogP contribution in [0, 0.1) is 0 Å². The standard InChI is InChI=1S/C14H14N2OS/c1-16-12-7-3-2-6-11(12)14(15-16)13(17)9-10-5-4-8-18-10/h2-8,13,17H,9H2,1H3. The molecule has 0 fully saturated rings. The van der Waals surface area contributed by atoms with Gasteiger partial charge < -0.3 is 5.11 Å². The molecule has 3 rings (SSSR count). The number of aryl methyl sites for hydroxylation is 1. The second-order valence-corrected chi connectivity index (χ2v) is 5.36. The molecule has 0 saturated carbocycles. The van der Waals surface area contributed by atoms with E-state index < -0.39 is 6.10 Å².